The van der Waals surface area contributed by atoms with Crippen LogP contribution in [0.5, 0.6) is 0 Å². The first-order valence-corrected chi connectivity index (χ1v) is 8.32. The Kier molecular flexibility index (Phi) is 4.01. The van der Waals surface area contributed by atoms with Crippen LogP contribution in [0.2, 0.25) is 5.02 Å². The van der Waals surface area contributed by atoms with E-state index >= 15 is 0 Å². The second-order valence-electron chi connectivity index (χ2n) is 5.99. The highest BCUT2D eigenvalue weighted by Crippen LogP contribution is 2.38. The average molecular weight is 374 g/mol. The number of aliphatic hydroxyl groups excluding tert-OH is 1. The minimum Gasteiger partial charge on any atom is -0.450 e. The minimum absolute atomic E-state index is 0.0282. The lowest BCUT2D eigenvalue weighted by Crippen LogP contribution is -2.32. The van der Waals surface area contributed by atoms with Crippen molar-refractivity contribution in [2.24, 2.45) is 0 Å². The second kappa shape index (κ2) is 6.23. The molecule has 1 aromatic heterocycles. The third kappa shape index (κ3) is 2.50. The number of β-amino-alcohol motifs (C(OH)–C–C–N with tert-alkyl or cyclic N) is 1. The van der Waals surface area contributed by atoms with Crippen LogP contribution in [0.15, 0.2) is 51.7 Å². The van der Waals surface area contributed by atoms with Gasteiger partial charge in [-0.25, -0.2) is 4.39 Å². The second-order valence-corrected chi connectivity index (χ2v) is 6.43. The summed E-state index contributed by atoms with van der Waals surface area (Å²) in [6, 6.07) is 9.57. The molecule has 2 aromatic carbocycles. The average Bonchev–Trinajstić information content (AvgIpc) is 2.90. The number of carbonyl (C=O) groups excluding carboxylic acids is 1. The number of nitrogens with zero attached hydrogens (tertiary/aromatic N) is 1. The van der Waals surface area contributed by atoms with Crippen molar-refractivity contribution in [2.45, 2.75) is 6.04 Å². The topological polar surface area (TPSA) is 70.8 Å². The number of fused-ring (bicyclic) bond motifs is 2. The van der Waals surface area contributed by atoms with Gasteiger partial charge in [-0.05, 0) is 35.9 Å². The first-order valence-electron chi connectivity index (χ1n) is 7.95. The van der Waals surface area contributed by atoms with Crippen molar-refractivity contribution in [2.75, 3.05) is 13.2 Å². The van der Waals surface area contributed by atoms with E-state index in [4.69, 9.17) is 16.0 Å². The van der Waals surface area contributed by atoms with Gasteiger partial charge in [0.05, 0.1) is 23.6 Å². The van der Waals surface area contributed by atoms with Crippen LogP contribution < -0.4 is 5.43 Å². The minimum atomic E-state index is -0.731. The summed E-state index contributed by atoms with van der Waals surface area (Å²) < 4.78 is 19.2. The van der Waals surface area contributed by atoms with Crippen LogP contribution in [0.4, 0.5) is 4.39 Å². The van der Waals surface area contributed by atoms with Gasteiger partial charge < -0.3 is 14.4 Å². The smallest absolute Gasteiger partial charge is 0.290 e. The molecule has 0 spiro atoms. The number of amides is 1. The third-order valence-electron chi connectivity index (χ3n) is 4.45. The molecule has 0 saturated carbocycles. The van der Waals surface area contributed by atoms with E-state index in [0.29, 0.717) is 10.6 Å². The van der Waals surface area contributed by atoms with Gasteiger partial charge in [0, 0.05) is 11.6 Å². The fraction of sp³-hybridized carbons (Fsp3) is 0.158. The van der Waals surface area contributed by atoms with Crippen molar-refractivity contribution in [1.82, 2.24) is 4.90 Å². The van der Waals surface area contributed by atoms with E-state index in [1.165, 1.54) is 17.0 Å². The largest absolute Gasteiger partial charge is 0.450 e. The maximum atomic E-state index is 13.6. The van der Waals surface area contributed by atoms with Crippen LogP contribution in [0.1, 0.15) is 27.7 Å². The third-order valence-corrected chi connectivity index (χ3v) is 4.71. The Bertz CT molecular complexity index is 1080. The fourth-order valence-corrected chi connectivity index (χ4v) is 3.45. The number of hydrogen-bond donors (Lipinski definition) is 1. The Balaban J connectivity index is 2.01. The van der Waals surface area contributed by atoms with Gasteiger partial charge in [-0.1, -0.05) is 23.7 Å². The number of aliphatic hydroxyl groups is 1. The molecule has 0 radical (unpaired) electrons. The van der Waals surface area contributed by atoms with E-state index in [2.05, 4.69) is 0 Å². The Labute approximate surface area is 152 Å². The first kappa shape index (κ1) is 16.8. The summed E-state index contributed by atoms with van der Waals surface area (Å²) in [5, 5.41) is 9.94. The number of hydrogen-bond acceptors (Lipinski definition) is 4. The molecule has 1 amide bonds. The molecule has 0 bridgehead atoms. The summed E-state index contributed by atoms with van der Waals surface area (Å²) in [5.74, 6) is -1.14. The summed E-state index contributed by atoms with van der Waals surface area (Å²) in [4.78, 5) is 27.2. The van der Waals surface area contributed by atoms with E-state index in [0.717, 1.165) is 6.07 Å². The Hall–Kier alpha value is -2.70. The Morgan fingerprint density at radius 1 is 1.15 bits per heavy atom. The van der Waals surface area contributed by atoms with E-state index in [9.17, 15) is 19.1 Å². The first-order chi connectivity index (χ1) is 12.5. The molecule has 1 aliphatic rings. The quantitative estimate of drug-likeness (QED) is 0.765. The molecule has 2 heterocycles. The molecule has 5 nitrogen and oxygen atoms in total. The van der Waals surface area contributed by atoms with Crippen molar-refractivity contribution >= 4 is 28.5 Å². The Morgan fingerprint density at radius 3 is 2.58 bits per heavy atom. The van der Waals surface area contributed by atoms with Crippen molar-refractivity contribution < 1.29 is 18.7 Å². The number of halogens is 2. The molecule has 1 atom stereocenters. The lowest BCUT2D eigenvalue weighted by atomic mass is 9.98. The van der Waals surface area contributed by atoms with E-state index < -0.39 is 23.2 Å². The summed E-state index contributed by atoms with van der Waals surface area (Å²) >= 11 is 5.93. The van der Waals surface area contributed by atoms with E-state index in [1.54, 1.807) is 24.3 Å². The van der Waals surface area contributed by atoms with Gasteiger partial charge in [0.2, 0.25) is 5.76 Å². The van der Waals surface area contributed by atoms with Gasteiger partial charge in [-0.2, -0.15) is 0 Å². The number of rotatable bonds is 3. The summed E-state index contributed by atoms with van der Waals surface area (Å²) in [5.41, 5.74) is 0.473. The summed E-state index contributed by atoms with van der Waals surface area (Å²) in [6.45, 7) is -0.243. The van der Waals surface area contributed by atoms with Gasteiger partial charge in [0.15, 0.2) is 5.43 Å². The molecule has 7 heteroatoms. The molecule has 1 N–H and O–H groups in total. The predicted octanol–water partition coefficient (Wildman–Crippen LogP) is 3.12. The van der Waals surface area contributed by atoms with Crippen molar-refractivity contribution in [3.8, 4) is 0 Å². The molecular weight excluding hydrogens is 361 g/mol. The van der Waals surface area contributed by atoms with Crippen molar-refractivity contribution in [3.63, 3.8) is 0 Å². The molecule has 3 aromatic rings. The highest BCUT2D eigenvalue weighted by atomic mass is 35.5. The van der Waals surface area contributed by atoms with Crippen molar-refractivity contribution in [3.05, 3.63) is 80.4 Å². The van der Waals surface area contributed by atoms with Crippen LogP contribution in [-0.2, 0) is 0 Å². The maximum Gasteiger partial charge on any atom is 0.290 e. The van der Waals surface area contributed by atoms with Crippen molar-refractivity contribution in [1.29, 1.82) is 0 Å². The maximum absolute atomic E-state index is 13.6. The van der Waals surface area contributed by atoms with Crippen LogP contribution >= 0.6 is 11.6 Å². The lowest BCUT2D eigenvalue weighted by Gasteiger charge is -2.24. The summed E-state index contributed by atoms with van der Waals surface area (Å²) in [6.07, 6.45) is 0. The normalized spacial score (nSPS) is 16.3. The SMILES string of the molecule is O=C1c2oc3ccc(F)cc3c(=O)c2C(c2ccc(Cl)cc2)N1CCO. The molecule has 26 heavy (non-hydrogen) atoms. The number of carbonyl (C=O) groups is 1. The van der Waals surface area contributed by atoms with Gasteiger partial charge >= 0.3 is 0 Å². The molecule has 0 aliphatic carbocycles. The fourth-order valence-electron chi connectivity index (χ4n) is 3.32. The standard InChI is InChI=1S/C19H13ClFNO4/c20-11-3-1-10(2-4-11)16-15-17(24)13-9-12(21)5-6-14(13)26-18(15)19(25)22(16)7-8-23/h1-6,9,16,23H,7-8H2. The highest BCUT2D eigenvalue weighted by molar-refractivity contribution is 6.30. The number of benzene rings is 2. The molecule has 0 fully saturated rings. The van der Waals surface area contributed by atoms with E-state index in [1.807, 2.05) is 0 Å². The zero-order valence-corrected chi connectivity index (χ0v) is 14.2. The van der Waals surface area contributed by atoms with Gasteiger partial charge in [0.25, 0.3) is 5.91 Å². The van der Waals surface area contributed by atoms with Crippen LogP contribution in [0, 0.1) is 5.82 Å². The van der Waals surface area contributed by atoms with Gasteiger partial charge in [-0.3, -0.25) is 9.59 Å². The van der Waals surface area contributed by atoms with Crippen LogP contribution in [-0.4, -0.2) is 29.1 Å². The highest BCUT2D eigenvalue weighted by Gasteiger charge is 2.42. The van der Waals surface area contributed by atoms with Gasteiger partial charge in [-0.15, -0.1) is 0 Å². The zero-order chi connectivity index (χ0) is 18.4. The Morgan fingerprint density at radius 2 is 1.88 bits per heavy atom. The molecule has 132 valence electrons. The summed E-state index contributed by atoms with van der Waals surface area (Å²) in [7, 11) is 0. The molecule has 0 saturated heterocycles. The van der Waals surface area contributed by atoms with Gasteiger partial charge in [0.1, 0.15) is 11.4 Å². The lowest BCUT2D eigenvalue weighted by molar-refractivity contribution is 0.0691. The molecular formula is C19H13ClFNO4. The molecule has 4 rings (SSSR count). The van der Waals surface area contributed by atoms with Crippen LogP contribution in [0.3, 0.4) is 0 Å². The molecule has 1 unspecified atom stereocenters. The zero-order valence-electron chi connectivity index (χ0n) is 13.4. The van der Waals surface area contributed by atoms with E-state index in [-0.39, 0.29) is 35.4 Å². The monoisotopic (exact) mass is 373 g/mol. The molecule has 1 aliphatic heterocycles. The van der Waals surface area contributed by atoms with Crippen LogP contribution in [0.25, 0.3) is 11.0 Å². The predicted molar refractivity (Wildman–Crippen MR) is 93.9 cm³/mol.